The molecule has 0 saturated carbocycles. The summed E-state index contributed by atoms with van der Waals surface area (Å²) < 4.78 is 5.13. The Balaban J connectivity index is 1.53. The van der Waals surface area contributed by atoms with Crippen molar-refractivity contribution in [2.45, 2.75) is 13.5 Å². The number of hydrogen-bond acceptors (Lipinski definition) is 4. The number of fused-ring (bicyclic) bond motifs is 1. The summed E-state index contributed by atoms with van der Waals surface area (Å²) in [5.74, 6) is 0.587. The second-order valence-corrected chi connectivity index (χ2v) is 5.77. The minimum absolute atomic E-state index is 0.162. The number of alkyl carbamates (subject to hydrolysis) is 1. The molecule has 0 spiro atoms. The largest absolute Gasteiger partial charge is 0.445 e. The van der Waals surface area contributed by atoms with Gasteiger partial charge in [-0.15, -0.1) is 0 Å². The molecule has 1 aromatic heterocycles. The fourth-order valence-electron chi connectivity index (χ4n) is 2.49. The van der Waals surface area contributed by atoms with E-state index in [1.807, 2.05) is 42.5 Å². The highest BCUT2D eigenvalue weighted by Crippen LogP contribution is 2.11. The zero-order valence-electron chi connectivity index (χ0n) is 14.4. The van der Waals surface area contributed by atoms with Crippen molar-refractivity contribution in [3.63, 3.8) is 0 Å². The maximum absolute atomic E-state index is 12.0. The zero-order valence-corrected chi connectivity index (χ0v) is 14.4. The topological polar surface area (TPSA) is 84.1 Å². The van der Waals surface area contributed by atoms with Gasteiger partial charge in [0.05, 0.1) is 10.9 Å². The second kappa shape index (κ2) is 8.11. The first-order valence-electron chi connectivity index (χ1n) is 8.23. The van der Waals surface area contributed by atoms with Crippen molar-refractivity contribution in [3.05, 3.63) is 81.9 Å². The molecule has 0 unspecified atom stereocenters. The summed E-state index contributed by atoms with van der Waals surface area (Å²) in [7, 11) is 0. The molecule has 2 aromatic carbocycles. The van der Waals surface area contributed by atoms with Crippen LogP contribution in [0.1, 0.15) is 17.0 Å². The van der Waals surface area contributed by atoms with Crippen LogP contribution in [0.2, 0.25) is 0 Å². The molecule has 0 radical (unpaired) electrons. The number of amides is 1. The molecule has 3 rings (SSSR count). The van der Waals surface area contributed by atoms with E-state index in [0.29, 0.717) is 23.3 Å². The van der Waals surface area contributed by atoms with Crippen LogP contribution >= 0.6 is 0 Å². The SMILES string of the molecule is Cc1nc2ccc(C=CCNC(=O)OCc3ccccc3)cc2c(=O)[nH]1. The Kier molecular flexibility index (Phi) is 5.43. The number of carbonyl (C=O) groups is 1. The van der Waals surface area contributed by atoms with Gasteiger partial charge < -0.3 is 15.0 Å². The molecular weight excluding hydrogens is 330 g/mol. The highest BCUT2D eigenvalue weighted by molar-refractivity contribution is 5.80. The molecule has 0 aliphatic carbocycles. The number of nitrogens with zero attached hydrogens (tertiary/aromatic N) is 1. The smallest absolute Gasteiger partial charge is 0.407 e. The van der Waals surface area contributed by atoms with Crippen molar-refractivity contribution in [1.82, 2.24) is 15.3 Å². The number of hydrogen-bond donors (Lipinski definition) is 2. The summed E-state index contributed by atoms with van der Waals surface area (Å²) in [5, 5.41) is 3.19. The maximum atomic E-state index is 12.0. The first kappa shape index (κ1) is 17.4. The monoisotopic (exact) mass is 349 g/mol. The van der Waals surface area contributed by atoms with Crippen LogP contribution in [0.4, 0.5) is 4.79 Å². The van der Waals surface area contributed by atoms with E-state index in [4.69, 9.17) is 4.74 Å². The van der Waals surface area contributed by atoms with Crippen LogP contribution in [-0.2, 0) is 11.3 Å². The van der Waals surface area contributed by atoms with E-state index >= 15 is 0 Å². The van der Waals surface area contributed by atoms with E-state index in [9.17, 15) is 9.59 Å². The van der Waals surface area contributed by atoms with Gasteiger partial charge in [-0.05, 0) is 30.2 Å². The first-order chi connectivity index (χ1) is 12.6. The molecule has 0 bridgehead atoms. The van der Waals surface area contributed by atoms with Crippen molar-refractivity contribution in [3.8, 4) is 0 Å². The molecule has 6 heteroatoms. The normalized spacial score (nSPS) is 11.0. The molecule has 0 fully saturated rings. The Labute approximate surface area is 150 Å². The molecular formula is C20H19N3O3. The highest BCUT2D eigenvalue weighted by Gasteiger charge is 2.02. The Hall–Kier alpha value is -3.41. The predicted molar refractivity (Wildman–Crippen MR) is 101 cm³/mol. The number of benzene rings is 2. The summed E-state index contributed by atoms with van der Waals surface area (Å²) in [6, 6.07) is 14.9. The molecule has 6 nitrogen and oxygen atoms in total. The number of aryl methyl sites for hydroxylation is 1. The average molecular weight is 349 g/mol. The predicted octanol–water partition coefficient (Wildman–Crippen LogP) is 3.17. The average Bonchev–Trinajstić information content (AvgIpc) is 2.64. The molecule has 0 atom stereocenters. The quantitative estimate of drug-likeness (QED) is 0.741. The number of ether oxygens (including phenoxy) is 1. The molecule has 2 N–H and O–H groups in total. The van der Waals surface area contributed by atoms with Crippen LogP contribution in [-0.4, -0.2) is 22.6 Å². The number of aromatic nitrogens is 2. The van der Waals surface area contributed by atoms with E-state index in [1.165, 1.54) is 0 Å². The lowest BCUT2D eigenvalue weighted by Crippen LogP contribution is -2.24. The van der Waals surface area contributed by atoms with Crippen molar-refractivity contribution in [1.29, 1.82) is 0 Å². The van der Waals surface area contributed by atoms with Gasteiger partial charge in [-0.2, -0.15) is 0 Å². The Morgan fingerprint density at radius 3 is 2.85 bits per heavy atom. The number of nitrogens with one attached hydrogen (secondary N) is 2. The first-order valence-corrected chi connectivity index (χ1v) is 8.23. The van der Waals surface area contributed by atoms with Gasteiger partial charge in [-0.25, -0.2) is 9.78 Å². The summed E-state index contributed by atoms with van der Waals surface area (Å²) in [4.78, 5) is 30.6. The van der Waals surface area contributed by atoms with Crippen molar-refractivity contribution < 1.29 is 9.53 Å². The van der Waals surface area contributed by atoms with Gasteiger partial charge in [0.25, 0.3) is 5.56 Å². The maximum Gasteiger partial charge on any atom is 0.407 e. The number of rotatable bonds is 5. The van der Waals surface area contributed by atoms with E-state index in [-0.39, 0.29) is 12.2 Å². The van der Waals surface area contributed by atoms with Crippen LogP contribution in [0.25, 0.3) is 17.0 Å². The van der Waals surface area contributed by atoms with Crippen LogP contribution in [0, 0.1) is 6.92 Å². The number of carbonyl (C=O) groups excluding carboxylic acids is 1. The Morgan fingerprint density at radius 2 is 2.04 bits per heavy atom. The summed E-state index contributed by atoms with van der Waals surface area (Å²) in [6.45, 7) is 2.31. The van der Waals surface area contributed by atoms with Gasteiger partial charge in [0, 0.05) is 6.54 Å². The van der Waals surface area contributed by atoms with Gasteiger partial charge in [-0.1, -0.05) is 48.6 Å². The van der Waals surface area contributed by atoms with E-state index in [0.717, 1.165) is 11.1 Å². The van der Waals surface area contributed by atoms with E-state index in [2.05, 4.69) is 15.3 Å². The van der Waals surface area contributed by atoms with Gasteiger partial charge in [0.1, 0.15) is 12.4 Å². The van der Waals surface area contributed by atoms with Crippen molar-refractivity contribution in [2.24, 2.45) is 0 Å². The number of aromatic amines is 1. The lowest BCUT2D eigenvalue weighted by atomic mass is 10.1. The van der Waals surface area contributed by atoms with E-state index < -0.39 is 6.09 Å². The highest BCUT2D eigenvalue weighted by atomic mass is 16.5. The van der Waals surface area contributed by atoms with Crippen LogP contribution in [0.15, 0.2) is 59.4 Å². The van der Waals surface area contributed by atoms with Crippen LogP contribution in [0.3, 0.4) is 0 Å². The lowest BCUT2D eigenvalue weighted by molar-refractivity contribution is 0.141. The summed E-state index contributed by atoms with van der Waals surface area (Å²) in [6.07, 6.45) is 3.14. The van der Waals surface area contributed by atoms with Gasteiger partial charge in [0.2, 0.25) is 0 Å². The van der Waals surface area contributed by atoms with Crippen molar-refractivity contribution >= 4 is 23.1 Å². The second-order valence-electron chi connectivity index (χ2n) is 5.77. The standard InChI is InChI=1S/C20H19N3O3/c1-14-22-18-10-9-15(12-17(18)19(24)23-14)8-5-11-21-20(25)26-13-16-6-3-2-4-7-16/h2-10,12H,11,13H2,1H3,(H,21,25)(H,22,23,24). The van der Waals surface area contributed by atoms with Crippen LogP contribution < -0.4 is 10.9 Å². The minimum atomic E-state index is -0.479. The third-order valence-electron chi connectivity index (χ3n) is 3.74. The van der Waals surface area contributed by atoms with Gasteiger partial charge in [0.15, 0.2) is 0 Å². The van der Waals surface area contributed by atoms with Crippen LogP contribution in [0.5, 0.6) is 0 Å². The molecule has 0 aliphatic heterocycles. The van der Waals surface area contributed by atoms with Gasteiger partial charge in [-0.3, -0.25) is 4.79 Å². The summed E-state index contributed by atoms with van der Waals surface area (Å²) in [5.41, 5.74) is 2.29. The fraction of sp³-hybridized carbons (Fsp3) is 0.150. The summed E-state index contributed by atoms with van der Waals surface area (Å²) >= 11 is 0. The Bertz CT molecular complexity index is 994. The van der Waals surface area contributed by atoms with Crippen molar-refractivity contribution in [2.75, 3.05) is 6.54 Å². The lowest BCUT2D eigenvalue weighted by Gasteiger charge is -2.05. The molecule has 1 heterocycles. The molecule has 1 amide bonds. The molecule has 26 heavy (non-hydrogen) atoms. The zero-order chi connectivity index (χ0) is 18.4. The molecule has 132 valence electrons. The van der Waals surface area contributed by atoms with E-state index in [1.54, 1.807) is 25.1 Å². The molecule has 0 saturated heterocycles. The van der Waals surface area contributed by atoms with Gasteiger partial charge >= 0.3 is 6.09 Å². The third kappa shape index (κ3) is 4.57. The Morgan fingerprint density at radius 1 is 1.23 bits per heavy atom. The molecule has 3 aromatic rings. The third-order valence-corrected chi connectivity index (χ3v) is 3.74. The minimum Gasteiger partial charge on any atom is -0.445 e. The molecule has 0 aliphatic rings. The fourth-order valence-corrected chi connectivity index (χ4v) is 2.49. The number of H-pyrrole nitrogens is 1.